The summed E-state index contributed by atoms with van der Waals surface area (Å²) in [6.45, 7) is 2.66. The maximum atomic E-state index is 6.18. The highest BCUT2D eigenvalue weighted by molar-refractivity contribution is 6.31. The second kappa shape index (κ2) is 7.27. The molecule has 2 rings (SSSR count). The average molecular weight is 291 g/mol. The average Bonchev–Trinajstić information content (AvgIpc) is 2.47. The summed E-state index contributed by atoms with van der Waals surface area (Å²) in [4.78, 5) is 4.02. The van der Waals surface area contributed by atoms with Crippen molar-refractivity contribution in [2.45, 2.75) is 19.4 Å². The Labute approximate surface area is 124 Å². The second-order valence-corrected chi connectivity index (χ2v) is 4.93. The van der Waals surface area contributed by atoms with Crippen LogP contribution in [0.2, 0.25) is 5.02 Å². The lowest BCUT2D eigenvalue weighted by molar-refractivity contribution is 0.339. The first kappa shape index (κ1) is 14.8. The monoisotopic (exact) mass is 290 g/mol. The topological polar surface area (TPSA) is 34.1 Å². The summed E-state index contributed by atoms with van der Waals surface area (Å²) in [5, 5.41) is 4.03. The van der Waals surface area contributed by atoms with E-state index in [1.807, 2.05) is 32.2 Å². The van der Waals surface area contributed by atoms with Crippen molar-refractivity contribution in [2.75, 3.05) is 13.7 Å². The molecule has 3 nitrogen and oxygen atoms in total. The van der Waals surface area contributed by atoms with Crippen molar-refractivity contribution in [1.29, 1.82) is 0 Å². The number of hydrogen-bond acceptors (Lipinski definition) is 3. The summed E-state index contributed by atoms with van der Waals surface area (Å²) in [7, 11) is 1.95. The Hall–Kier alpha value is -1.58. The van der Waals surface area contributed by atoms with Gasteiger partial charge in [-0.1, -0.05) is 23.7 Å². The molecule has 4 heteroatoms. The summed E-state index contributed by atoms with van der Waals surface area (Å²) < 4.78 is 5.55. The minimum absolute atomic E-state index is 0.190. The molecule has 0 amide bonds. The van der Waals surface area contributed by atoms with E-state index in [0.717, 1.165) is 17.7 Å². The SMILES string of the molecule is CCOc1cccc(C(Cc2ccncc2Cl)NC)c1. The number of hydrogen-bond donors (Lipinski definition) is 1. The number of aromatic nitrogens is 1. The zero-order valence-corrected chi connectivity index (χ0v) is 12.5. The van der Waals surface area contributed by atoms with Crippen molar-refractivity contribution in [3.63, 3.8) is 0 Å². The third-order valence-corrected chi connectivity index (χ3v) is 3.54. The number of ether oxygens (including phenoxy) is 1. The molecule has 2 aromatic rings. The van der Waals surface area contributed by atoms with Crippen LogP contribution in [0.5, 0.6) is 5.75 Å². The van der Waals surface area contributed by atoms with Crippen LogP contribution in [0.4, 0.5) is 0 Å². The highest BCUT2D eigenvalue weighted by Crippen LogP contribution is 2.25. The second-order valence-electron chi connectivity index (χ2n) is 4.52. The number of nitrogens with one attached hydrogen (secondary N) is 1. The Kier molecular flexibility index (Phi) is 5.39. The first-order valence-corrected chi connectivity index (χ1v) is 7.10. The Morgan fingerprint density at radius 2 is 2.20 bits per heavy atom. The molecule has 1 N–H and O–H groups in total. The molecule has 0 saturated carbocycles. The first-order chi connectivity index (χ1) is 9.74. The first-order valence-electron chi connectivity index (χ1n) is 6.73. The summed E-state index contributed by atoms with van der Waals surface area (Å²) in [5.74, 6) is 0.895. The van der Waals surface area contributed by atoms with Crippen molar-refractivity contribution >= 4 is 11.6 Å². The molecule has 0 aliphatic carbocycles. The van der Waals surface area contributed by atoms with Gasteiger partial charge in [0.1, 0.15) is 5.75 Å². The largest absolute Gasteiger partial charge is 0.494 e. The summed E-state index contributed by atoms with van der Waals surface area (Å²) >= 11 is 6.18. The standard InChI is InChI=1S/C16H19ClN2O/c1-3-20-14-6-4-5-13(9-14)16(18-2)10-12-7-8-19-11-15(12)17/h4-9,11,16,18H,3,10H2,1-2H3. The minimum Gasteiger partial charge on any atom is -0.494 e. The van der Waals surface area contributed by atoms with Crippen LogP contribution in [0.1, 0.15) is 24.1 Å². The highest BCUT2D eigenvalue weighted by Gasteiger charge is 2.12. The smallest absolute Gasteiger partial charge is 0.119 e. The van der Waals surface area contributed by atoms with E-state index in [-0.39, 0.29) is 6.04 Å². The summed E-state index contributed by atoms with van der Waals surface area (Å²) in [5.41, 5.74) is 2.27. The van der Waals surface area contributed by atoms with Crippen molar-refractivity contribution in [1.82, 2.24) is 10.3 Å². The van der Waals surface area contributed by atoms with Gasteiger partial charge in [-0.05, 0) is 49.7 Å². The van der Waals surface area contributed by atoms with Gasteiger partial charge in [0.15, 0.2) is 0 Å². The van der Waals surface area contributed by atoms with Gasteiger partial charge in [0.25, 0.3) is 0 Å². The molecule has 0 radical (unpaired) electrons. The van der Waals surface area contributed by atoms with Crippen molar-refractivity contribution < 1.29 is 4.74 Å². The minimum atomic E-state index is 0.190. The van der Waals surface area contributed by atoms with E-state index in [0.29, 0.717) is 11.6 Å². The number of halogens is 1. The molecule has 0 saturated heterocycles. The number of nitrogens with zero attached hydrogens (tertiary/aromatic N) is 1. The molecule has 0 aliphatic rings. The van der Waals surface area contributed by atoms with Gasteiger partial charge in [-0.2, -0.15) is 0 Å². The Balaban J connectivity index is 2.20. The van der Waals surface area contributed by atoms with Crippen LogP contribution in [-0.2, 0) is 6.42 Å². The Morgan fingerprint density at radius 1 is 1.35 bits per heavy atom. The Morgan fingerprint density at radius 3 is 2.90 bits per heavy atom. The molecule has 0 fully saturated rings. The predicted molar refractivity (Wildman–Crippen MR) is 82.4 cm³/mol. The Bertz CT molecular complexity index is 560. The predicted octanol–water partition coefficient (Wildman–Crippen LogP) is 3.64. The third-order valence-electron chi connectivity index (χ3n) is 3.20. The molecule has 106 valence electrons. The fraction of sp³-hybridized carbons (Fsp3) is 0.312. The van der Waals surface area contributed by atoms with Crippen LogP contribution in [0.15, 0.2) is 42.7 Å². The fourth-order valence-electron chi connectivity index (χ4n) is 2.16. The zero-order valence-electron chi connectivity index (χ0n) is 11.8. The molecule has 0 spiro atoms. The molecule has 0 aliphatic heterocycles. The number of benzene rings is 1. The third kappa shape index (κ3) is 3.71. The van der Waals surface area contributed by atoms with E-state index in [1.54, 1.807) is 12.4 Å². The normalized spacial score (nSPS) is 12.2. The molecule has 20 heavy (non-hydrogen) atoms. The molecule has 1 heterocycles. The molecule has 0 bridgehead atoms. The molecular weight excluding hydrogens is 272 g/mol. The highest BCUT2D eigenvalue weighted by atomic mass is 35.5. The van der Waals surface area contributed by atoms with E-state index < -0.39 is 0 Å². The van der Waals surface area contributed by atoms with Crippen molar-refractivity contribution in [3.8, 4) is 5.75 Å². The molecule has 1 atom stereocenters. The molecular formula is C16H19ClN2O. The fourth-order valence-corrected chi connectivity index (χ4v) is 2.36. The van der Waals surface area contributed by atoms with Crippen LogP contribution >= 0.6 is 11.6 Å². The summed E-state index contributed by atoms with van der Waals surface area (Å²) in [6, 6.07) is 10.3. The maximum absolute atomic E-state index is 6.18. The zero-order chi connectivity index (χ0) is 14.4. The van der Waals surface area contributed by atoms with Gasteiger partial charge in [-0.3, -0.25) is 4.98 Å². The lowest BCUT2D eigenvalue weighted by Gasteiger charge is -2.18. The quantitative estimate of drug-likeness (QED) is 0.882. The van der Waals surface area contributed by atoms with E-state index in [4.69, 9.17) is 16.3 Å². The number of rotatable bonds is 6. The van der Waals surface area contributed by atoms with Gasteiger partial charge in [0, 0.05) is 18.4 Å². The van der Waals surface area contributed by atoms with E-state index in [2.05, 4.69) is 22.4 Å². The van der Waals surface area contributed by atoms with Gasteiger partial charge in [-0.25, -0.2) is 0 Å². The molecule has 1 aromatic carbocycles. The lowest BCUT2D eigenvalue weighted by Crippen LogP contribution is -2.19. The van der Waals surface area contributed by atoms with E-state index >= 15 is 0 Å². The molecule has 1 aromatic heterocycles. The van der Waals surface area contributed by atoms with E-state index in [9.17, 15) is 0 Å². The van der Waals surface area contributed by atoms with E-state index in [1.165, 1.54) is 5.56 Å². The van der Waals surface area contributed by atoms with Crippen LogP contribution in [0.3, 0.4) is 0 Å². The van der Waals surface area contributed by atoms with Crippen LogP contribution in [-0.4, -0.2) is 18.6 Å². The number of likely N-dealkylation sites (N-methyl/N-ethyl adjacent to an activating group) is 1. The van der Waals surface area contributed by atoms with Gasteiger partial charge in [0.2, 0.25) is 0 Å². The van der Waals surface area contributed by atoms with Gasteiger partial charge >= 0.3 is 0 Å². The van der Waals surface area contributed by atoms with Crippen LogP contribution < -0.4 is 10.1 Å². The summed E-state index contributed by atoms with van der Waals surface area (Å²) in [6.07, 6.45) is 4.26. The van der Waals surface area contributed by atoms with Crippen LogP contribution in [0.25, 0.3) is 0 Å². The van der Waals surface area contributed by atoms with Crippen LogP contribution in [0, 0.1) is 0 Å². The maximum Gasteiger partial charge on any atom is 0.119 e. The van der Waals surface area contributed by atoms with Crippen molar-refractivity contribution in [2.24, 2.45) is 0 Å². The van der Waals surface area contributed by atoms with Gasteiger partial charge in [0.05, 0.1) is 11.6 Å². The molecule has 1 unspecified atom stereocenters. The lowest BCUT2D eigenvalue weighted by atomic mass is 9.99. The van der Waals surface area contributed by atoms with Gasteiger partial charge < -0.3 is 10.1 Å². The van der Waals surface area contributed by atoms with Gasteiger partial charge in [-0.15, -0.1) is 0 Å². The number of pyridine rings is 1. The van der Waals surface area contributed by atoms with Crippen molar-refractivity contribution in [3.05, 3.63) is 58.9 Å².